The number of alkyl halides is 1. The second-order valence-electron chi connectivity index (χ2n) is 5.11. The van der Waals surface area contributed by atoms with E-state index in [1.807, 2.05) is 11.8 Å². The van der Waals surface area contributed by atoms with Crippen molar-refractivity contribution in [3.05, 3.63) is 23.4 Å². The first-order valence-electron chi connectivity index (χ1n) is 7.01. The molecule has 0 aliphatic carbocycles. The van der Waals surface area contributed by atoms with Crippen molar-refractivity contribution in [2.75, 3.05) is 17.3 Å². The van der Waals surface area contributed by atoms with E-state index >= 15 is 0 Å². The molecule has 0 saturated heterocycles. The maximum Gasteiger partial charge on any atom is 0.331 e. The van der Waals surface area contributed by atoms with Crippen molar-refractivity contribution in [2.45, 2.75) is 25.8 Å². The molecule has 22 heavy (non-hydrogen) atoms. The number of carbonyl (C=O) groups is 1. The highest BCUT2D eigenvalue weighted by Gasteiger charge is 2.18. The molecule has 0 saturated carbocycles. The third kappa shape index (κ3) is 3.98. The molecule has 1 unspecified atom stereocenters. The van der Waals surface area contributed by atoms with Crippen LogP contribution in [0.1, 0.15) is 25.5 Å². The van der Waals surface area contributed by atoms with E-state index in [-0.39, 0.29) is 17.5 Å². The number of hydrogen-bond donors (Lipinski definition) is 2. The molecular formula is C15H18ClN3O3. The van der Waals surface area contributed by atoms with E-state index in [2.05, 4.69) is 9.98 Å². The molecule has 0 aromatic carbocycles. The van der Waals surface area contributed by atoms with Gasteiger partial charge in [-0.05, 0) is 38.0 Å². The number of carboxylic acids is 1. The molecule has 1 aromatic rings. The molecule has 0 bridgehead atoms. The van der Waals surface area contributed by atoms with Gasteiger partial charge in [-0.2, -0.15) is 0 Å². The van der Waals surface area contributed by atoms with Crippen molar-refractivity contribution in [1.29, 1.82) is 0 Å². The van der Waals surface area contributed by atoms with Crippen LogP contribution in [0, 0.1) is 0 Å². The van der Waals surface area contributed by atoms with E-state index in [0.717, 1.165) is 0 Å². The van der Waals surface area contributed by atoms with Crippen LogP contribution < -0.4 is 4.90 Å². The van der Waals surface area contributed by atoms with Crippen LogP contribution in [0.4, 0.5) is 5.69 Å². The molecule has 1 aromatic heterocycles. The lowest BCUT2D eigenvalue weighted by atomic mass is 10.1. The summed E-state index contributed by atoms with van der Waals surface area (Å²) < 4.78 is 0. The van der Waals surface area contributed by atoms with Gasteiger partial charge in [-0.15, -0.1) is 11.6 Å². The van der Waals surface area contributed by atoms with Crippen LogP contribution >= 0.6 is 11.6 Å². The Hall–Kier alpha value is -2.08. The summed E-state index contributed by atoms with van der Waals surface area (Å²) in [7, 11) is 0. The number of aromatic hydroxyl groups is 1. The summed E-state index contributed by atoms with van der Waals surface area (Å²) in [5.41, 5.74) is 1.18. The second kappa shape index (κ2) is 7.26. The molecule has 2 rings (SSSR count). The molecule has 0 spiro atoms. The molecule has 2 heterocycles. The molecule has 0 amide bonds. The molecule has 118 valence electrons. The van der Waals surface area contributed by atoms with Gasteiger partial charge in [0, 0.05) is 18.0 Å². The molecule has 2 N–H and O–H groups in total. The van der Waals surface area contributed by atoms with Crippen molar-refractivity contribution in [3.63, 3.8) is 0 Å². The number of hydrogen-bond acceptors (Lipinski definition) is 5. The quantitative estimate of drug-likeness (QED) is 0.620. The number of carboxylic acid groups (broad SMARTS) is 1. The van der Waals surface area contributed by atoms with Crippen LogP contribution in [0.3, 0.4) is 0 Å². The fourth-order valence-electron chi connectivity index (χ4n) is 2.17. The highest BCUT2D eigenvalue weighted by atomic mass is 35.5. The van der Waals surface area contributed by atoms with Gasteiger partial charge in [-0.3, -0.25) is 4.99 Å². The minimum absolute atomic E-state index is 0.142. The Morgan fingerprint density at radius 1 is 1.55 bits per heavy atom. The number of pyridine rings is 1. The maximum atomic E-state index is 11.2. The molecular weight excluding hydrogens is 306 g/mol. The predicted molar refractivity (Wildman–Crippen MR) is 86.8 cm³/mol. The van der Waals surface area contributed by atoms with Crippen LogP contribution in [-0.4, -0.2) is 46.0 Å². The Kier molecular flexibility index (Phi) is 5.38. The number of nitrogens with zero attached hydrogens (tertiary/aromatic N) is 3. The number of aliphatic imine (C=N–C) groups is 1. The minimum Gasteiger partial charge on any atom is -0.492 e. The number of rotatable bonds is 6. The summed E-state index contributed by atoms with van der Waals surface area (Å²) in [5, 5.41) is 19.2. The smallest absolute Gasteiger partial charge is 0.331 e. The van der Waals surface area contributed by atoms with E-state index in [0.29, 0.717) is 36.6 Å². The van der Waals surface area contributed by atoms with Crippen LogP contribution in [0.2, 0.25) is 0 Å². The highest BCUT2D eigenvalue weighted by molar-refractivity contribution is 6.17. The van der Waals surface area contributed by atoms with Gasteiger partial charge in [-0.25, -0.2) is 9.78 Å². The van der Waals surface area contributed by atoms with Gasteiger partial charge in [0.15, 0.2) is 0 Å². The van der Waals surface area contributed by atoms with Crippen LogP contribution in [0.25, 0.3) is 6.08 Å². The van der Waals surface area contributed by atoms with Crippen molar-refractivity contribution in [1.82, 2.24) is 4.98 Å². The zero-order valence-electron chi connectivity index (χ0n) is 12.2. The lowest BCUT2D eigenvalue weighted by molar-refractivity contribution is -0.132. The zero-order chi connectivity index (χ0) is 16.1. The van der Waals surface area contributed by atoms with Crippen LogP contribution in [-0.2, 0) is 4.79 Å². The Labute approximate surface area is 133 Å². The van der Waals surface area contributed by atoms with Crippen molar-refractivity contribution in [3.8, 4) is 5.88 Å². The van der Waals surface area contributed by atoms with E-state index in [1.165, 1.54) is 6.08 Å². The van der Waals surface area contributed by atoms with Gasteiger partial charge in [-0.1, -0.05) is 0 Å². The summed E-state index contributed by atoms with van der Waals surface area (Å²) in [4.78, 5) is 21.3. The SMILES string of the molecule is CC1CN(c2ccc(/C=C(\CCCCl)C(=O)O)nc2O)C=N1. The van der Waals surface area contributed by atoms with Gasteiger partial charge in [0.2, 0.25) is 5.88 Å². The monoisotopic (exact) mass is 323 g/mol. The fraction of sp³-hybridized carbons (Fsp3) is 0.400. The Morgan fingerprint density at radius 2 is 2.32 bits per heavy atom. The zero-order valence-corrected chi connectivity index (χ0v) is 13.0. The maximum absolute atomic E-state index is 11.2. The summed E-state index contributed by atoms with van der Waals surface area (Å²) in [5.74, 6) is -0.748. The number of aromatic nitrogens is 1. The summed E-state index contributed by atoms with van der Waals surface area (Å²) in [6, 6.07) is 3.56. The lowest BCUT2D eigenvalue weighted by Crippen LogP contribution is -2.21. The first-order valence-corrected chi connectivity index (χ1v) is 7.54. The van der Waals surface area contributed by atoms with Gasteiger partial charge in [0.25, 0.3) is 0 Å². The predicted octanol–water partition coefficient (Wildman–Crippen LogP) is 2.51. The normalized spacial score (nSPS) is 18.0. The first kappa shape index (κ1) is 16.3. The van der Waals surface area contributed by atoms with E-state index < -0.39 is 5.97 Å². The Morgan fingerprint density at radius 3 is 2.86 bits per heavy atom. The van der Waals surface area contributed by atoms with E-state index in [9.17, 15) is 9.90 Å². The average Bonchev–Trinajstić information content (AvgIpc) is 2.89. The molecule has 0 radical (unpaired) electrons. The number of aliphatic carboxylic acids is 1. The van der Waals surface area contributed by atoms with Crippen molar-refractivity contribution >= 4 is 35.7 Å². The third-order valence-corrected chi connectivity index (χ3v) is 3.55. The molecule has 1 atom stereocenters. The third-order valence-electron chi connectivity index (χ3n) is 3.28. The largest absolute Gasteiger partial charge is 0.492 e. The fourth-order valence-corrected chi connectivity index (χ4v) is 2.30. The highest BCUT2D eigenvalue weighted by Crippen LogP contribution is 2.27. The molecule has 7 heteroatoms. The molecule has 1 aliphatic rings. The molecule has 1 aliphatic heterocycles. The Balaban J connectivity index is 2.21. The van der Waals surface area contributed by atoms with Crippen LogP contribution in [0.15, 0.2) is 22.7 Å². The topological polar surface area (TPSA) is 86.0 Å². The van der Waals surface area contributed by atoms with Gasteiger partial charge in [0.05, 0.1) is 18.1 Å². The van der Waals surface area contributed by atoms with Gasteiger partial charge < -0.3 is 15.1 Å². The number of halogens is 1. The standard InChI is InChI=1S/C15H18ClN3O3/c1-10-8-19(9-17-10)13-5-4-12(18-14(13)20)7-11(15(21)22)3-2-6-16/h4-5,7,9-10H,2-3,6,8H2,1H3,(H,18,20)(H,21,22)/b11-7+. The number of anilines is 1. The van der Waals surface area contributed by atoms with Crippen molar-refractivity contribution < 1.29 is 15.0 Å². The average molecular weight is 324 g/mol. The summed E-state index contributed by atoms with van der Waals surface area (Å²) in [6.45, 7) is 2.66. The first-order chi connectivity index (χ1) is 10.5. The van der Waals surface area contributed by atoms with Gasteiger partial charge >= 0.3 is 5.97 Å². The summed E-state index contributed by atoms with van der Waals surface area (Å²) >= 11 is 5.59. The van der Waals surface area contributed by atoms with Crippen LogP contribution in [0.5, 0.6) is 5.88 Å². The molecule has 6 nitrogen and oxygen atoms in total. The van der Waals surface area contributed by atoms with Crippen molar-refractivity contribution in [2.24, 2.45) is 4.99 Å². The Bertz CT molecular complexity index is 616. The second-order valence-corrected chi connectivity index (χ2v) is 5.49. The minimum atomic E-state index is -1.00. The lowest BCUT2D eigenvalue weighted by Gasteiger charge is -2.16. The van der Waals surface area contributed by atoms with E-state index in [4.69, 9.17) is 16.7 Å². The van der Waals surface area contributed by atoms with Gasteiger partial charge in [0.1, 0.15) is 5.69 Å². The molecule has 0 fully saturated rings. The van der Waals surface area contributed by atoms with E-state index in [1.54, 1.807) is 18.5 Å². The summed E-state index contributed by atoms with van der Waals surface area (Å²) in [6.07, 6.45) is 4.06.